The summed E-state index contributed by atoms with van der Waals surface area (Å²) in [5.74, 6) is 2.41. The number of hydrogen-bond donors (Lipinski definition) is 1. The molecule has 0 spiro atoms. The van der Waals surface area contributed by atoms with Gasteiger partial charge in [0.05, 0.1) is 19.1 Å². The van der Waals surface area contributed by atoms with Crippen molar-refractivity contribution in [1.82, 2.24) is 15.1 Å². The Morgan fingerprint density at radius 2 is 1.81 bits per heavy atom. The summed E-state index contributed by atoms with van der Waals surface area (Å²) in [7, 11) is 5.07. The molecule has 0 aromatic heterocycles. The van der Waals surface area contributed by atoms with Gasteiger partial charge in [-0.25, -0.2) is 0 Å². The van der Waals surface area contributed by atoms with Crippen LogP contribution in [0.25, 0.3) is 0 Å². The van der Waals surface area contributed by atoms with Gasteiger partial charge in [0.2, 0.25) is 0 Å². The lowest BCUT2D eigenvalue weighted by Crippen LogP contribution is -2.52. The molecule has 9 nitrogen and oxygen atoms in total. The number of rotatable bonds is 7. The van der Waals surface area contributed by atoms with Gasteiger partial charge in [-0.3, -0.25) is 20.0 Å². The van der Waals surface area contributed by atoms with Gasteiger partial charge in [-0.1, -0.05) is 18.2 Å². The molecule has 0 unspecified atom stereocenters. The number of piperazine rings is 1. The lowest BCUT2D eigenvalue weighted by molar-refractivity contribution is -0.385. The standard InChI is InChI=1S/C22H29N5O4.HI/c1-23-22(24-15-17-6-4-5-7-20(17)27(28)29)26-12-10-25(11-13-26)16-18-14-19(30-2)8-9-21(18)31-3;/h4-9,14H,10-13,15-16H2,1-3H3,(H,23,24);1H. The van der Waals surface area contributed by atoms with Crippen LogP contribution in [0.3, 0.4) is 0 Å². The Balaban J connectivity index is 0.00000363. The number of nitrogens with one attached hydrogen (secondary N) is 1. The molecule has 1 saturated heterocycles. The van der Waals surface area contributed by atoms with Gasteiger partial charge in [0.25, 0.3) is 5.69 Å². The number of halogens is 1. The first-order valence-corrected chi connectivity index (χ1v) is 10.2. The van der Waals surface area contributed by atoms with Gasteiger partial charge >= 0.3 is 0 Å². The van der Waals surface area contributed by atoms with Crippen LogP contribution >= 0.6 is 24.0 Å². The Hall–Kier alpha value is -2.60. The SMILES string of the molecule is CN=C(NCc1ccccc1[N+](=O)[O-])N1CCN(Cc2cc(OC)ccc2OC)CC1.I. The highest BCUT2D eigenvalue weighted by molar-refractivity contribution is 14.0. The predicted molar refractivity (Wildman–Crippen MR) is 135 cm³/mol. The summed E-state index contributed by atoms with van der Waals surface area (Å²) in [5.41, 5.74) is 1.84. The van der Waals surface area contributed by atoms with Crippen LogP contribution in [0, 0.1) is 10.1 Å². The molecule has 0 aliphatic carbocycles. The number of ether oxygens (including phenoxy) is 2. The minimum Gasteiger partial charge on any atom is -0.497 e. The van der Waals surface area contributed by atoms with Crippen molar-refractivity contribution in [3.05, 3.63) is 63.7 Å². The molecular formula is C22H30IN5O4. The number of hydrogen-bond acceptors (Lipinski definition) is 6. The quantitative estimate of drug-likeness (QED) is 0.185. The van der Waals surface area contributed by atoms with E-state index in [0.717, 1.165) is 55.7 Å². The molecule has 0 atom stereocenters. The number of nitrogens with zero attached hydrogens (tertiary/aromatic N) is 4. The van der Waals surface area contributed by atoms with Crippen molar-refractivity contribution in [2.45, 2.75) is 13.1 Å². The van der Waals surface area contributed by atoms with E-state index in [1.807, 2.05) is 18.2 Å². The normalized spacial score (nSPS) is 14.5. The van der Waals surface area contributed by atoms with Crippen LogP contribution in [0.2, 0.25) is 0 Å². The fourth-order valence-corrected chi connectivity index (χ4v) is 3.71. The number of methoxy groups -OCH3 is 2. The van der Waals surface area contributed by atoms with E-state index in [4.69, 9.17) is 9.47 Å². The molecule has 0 radical (unpaired) electrons. The molecule has 1 heterocycles. The van der Waals surface area contributed by atoms with E-state index in [9.17, 15) is 10.1 Å². The van der Waals surface area contributed by atoms with Gasteiger partial charge in [0.15, 0.2) is 5.96 Å². The highest BCUT2D eigenvalue weighted by atomic mass is 127. The second kappa shape index (κ2) is 12.4. The van der Waals surface area contributed by atoms with Gasteiger partial charge in [-0.2, -0.15) is 0 Å². The van der Waals surface area contributed by atoms with Crippen LogP contribution in [-0.4, -0.2) is 68.1 Å². The van der Waals surface area contributed by atoms with Crippen LogP contribution < -0.4 is 14.8 Å². The van der Waals surface area contributed by atoms with E-state index in [0.29, 0.717) is 12.1 Å². The fraction of sp³-hybridized carbons (Fsp3) is 0.409. The summed E-state index contributed by atoms with van der Waals surface area (Å²) < 4.78 is 10.8. The Bertz CT molecular complexity index is 932. The van der Waals surface area contributed by atoms with Crippen molar-refractivity contribution in [3.63, 3.8) is 0 Å². The minimum absolute atomic E-state index is 0. The Kier molecular flexibility index (Phi) is 9.97. The van der Waals surface area contributed by atoms with Crippen molar-refractivity contribution in [1.29, 1.82) is 0 Å². The maximum atomic E-state index is 11.2. The molecular weight excluding hydrogens is 525 g/mol. The third kappa shape index (κ3) is 6.45. The van der Waals surface area contributed by atoms with Gasteiger partial charge in [-0.15, -0.1) is 24.0 Å². The summed E-state index contributed by atoms with van der Waals surface area (Å²) in [5, 5.41) is 14.5. The van der Waals surface area contributed by atoms with E-state index < -0.39 is 0 Å². The van der Waals surface area contributed by atoms with E-state index in [-0.39, 0.29) is 34.6 Å². The van der Waals surface area contributed by atoms with E-state index in [1.165, 1.54) is 6.07 Å². The van der Waals surface area contributed by atoms with Crippen molar-refractivity contribution < 1.29 is 14.4 Å². The van der Waals surface area contributed by atoms with Crippen molar-refractivity contribution in [2.24, 2.45) is 4.99 Å². The molecule has 0 bridgehead atoms. The predicted octanol–water partition coefficient (Wildman–Crippen LogP) is 3.12. The molecule has 1 aliphatic heterocycles. The van der Waals surface area contributed by atoms with E-state index in [1.54, 1.807) is 39.5 Å². The number of aliphatic imine (C=N–C) groups is 1. The molecule has 174 valence electrons. The summed E-state index contributed by atoms with van der Waals surface area (Å²) in [6.07, 6.45) is 0. The van der Waals surface area contributed by atoms with Crippen LogP contribution in [0.4, 0.5) is 5.69 Å². The Labute approximate surface area is 205 Å². The zero-order valence-electron chi connectivity index (χ0n) is 18.6. The van der Waals surface area contributed by atoms with E-state index in [2.05, 4.69) is 20.1 Å². The first-order valence-electron chi connectivity index (χ1n) is 10.2. The average molecular weight is 555 g/mol. The number of benzene rings is 2. The van der Waals surface area contributed by atoms with Gasteiger partial charge in [0.1, 0.15) is 11.5 Å². The Morgan fingerprint density at radius 3 is 2.44 bits per heavy atom. The molecule has 32 heavy (non-hydrogen) atoms. The van der Waals surface area contributed by atoms with Crippen LogP contribution in [-0.2, 0) is 13.1 Å². The van der Waals surface area contributed by atoms with Crippen molar-refractivity contribution in [2.75, 3.05) is 47.4 Å². The third-order valence-corrected chi connectivity index (χ3v) is 5.39. The van der Waals surface area contributed by atoms with Gasteiger partial charge < -0.3 is 19.7 Å². The van der Waals surface area contributed by atoms with E-state index >= 15 is 0 Å². The summed E-state index contributed by atoms with van der Waals surface area (Å²) >= 11 is 0. The average Bonchev–Trinajstić information content (AvgIpc) is 2.80. The summed E-state index contributed by atoms with van der Waals surface area (Å²) in [6, 6.07) is 12.6. The van der Waals surface area contributed by atoms with Crippen LogP contribution in [0.1, 0.15) is 11.1 Å². The first-order chi connectivity index (χ1) is 15.0. The lowest BCUT2D eigenvalue weighted by atomic mass is 10.1. The number of nitro groups is 1. The maximum absolute atomic E-state index is 11.2. The highest BCUT2D eigenvalue weighted by Crippen LogP contribution is 2.25. The molecule has 1 N–H and O–H groups in total. The second-order valence-electron chi connectivity index (χ2n) is 7.23. The zero-order chi connectivity index (χ0) is 22.2. The molecule has 2 aromatic rings. The molecule has 10 heteroatoms. The molecule has 1 fully saturated rings. The number of guanidine groups is 1. The highest BCUT2D eigenvalue weighted by Gasteiger charge is 2.21. The van der Waals surface area contributed by atoms with Crippen LogP contribution in [0.15, 0.2) is 47.5 Å². The molecule has 3 rings (SSSR count). The van der Waals surface area contributed by atoms with Gasteiger partial charge in [-0.05, 0) is 18.2 Å². The minimum atomic E-state index is -0.356. The number of nitro benzene ring substituents is 1. The largest absolute Gasteiger partial charge is 0.497 e. The van der Waals surface area contributed by atoms with Crippen molar-refractivity contribution >= 4 is 35.6 Å². The van der Waals surface area contributed by atoms with Gasteiger partial charge in [0, 0.05) is 63.5 Å². The molecule has 2 aromatic carbocycles. The maximum Gasteiger partial charge on any atom is 0.274 e. The zero-order valence-corrected chi connectivity index (χ0v) is 20.9. The van der Waals surface area contributed by atoms with Crippen LogP contribution in [0.5, 0.6) is 11.5 Å². The molecule has 0 saturated carbocycles. The number of para-hydroxylation sites is 1. The monoisotopic (exact) mass is 555 g/mol. The second-order valence-corrected chi connectivity index (χ2v) is 7.23. The Morgan fingerprint density at radius 1 is 1.09 bits per heavy atom. The molecule has 1 aliphatic rings. The molecule has 0 amide bonds. The summed E-state index contributed by atoms with van der Waals surface area (Å²) in [4.78, 5) is 19.8. The fourth-order valence-electron chi connectivity index (χ4n) is 3.71. The lowest BCUT2D eigenvalue weighted by Gasteiger charge is -2.36. The topological polar surface area (TPSA) is 92.5 Å². The summed E-state index contributed by atoms with van der Waals surface area (Å²) in [6.45, 7) is 4.48. The van der Waals surface area contributed by atoms with Crippen molar-refractivity contribution in [3.8, 4) is 11.5 Å². The third-order valence-electron chi connectivity index (χ3n) is 5.39. The smallest absolute Gasteiger partial charge is 0.274 e. The first kappa shape index (κ1) is 25.7.